The maximum atomic E-state index is 12.1. The lowest BCUT2D eigenvalue weighted by Gasteiger charge is -2.27. The highest BCUT2D eigenvalue weighted by Crippen LogP contribution is 2.46. The van der Waals surface area contributed by atoms with Crippen molar-refractivity contribution < 1.29 is 9.53 Å². The Morgan fingerprint density at radius 2 is 2.19 bits per heavy atom. The Balaban J connectivity index is 2.87. The molecule has 0 saturated carbocycles. The van der Waals surface area contributed by atoms with Gasteiger partial charge in [-0.2, -0.15) is 0 Å². The van der Waals surface area contributed by atoms with E-state index in [0.29, 0.717) is 0 Å². The van der Waals surface area contributed by atoms with Crippen LogP contribution in [0.3, 0.4) is 0 Å². The third kappa shape index (κ3) is 2.47. The van der Waals surface area contributed by atoms with E-state index in [1.165, 1.54) is 0 Å². The molecule has 16 heavy (non-hydrogen) atoms. The minimum atomic E-state index is -0.297. The molecular formula is C14H24O2. The summed E-state index contributed by atoms with van der Waals surface area (Å²) in [5.74, 6) is -0.0193. The van der Waals surface area contributed by atoms with Crippen LogP contribution in [-0.4, -0.2) is 12.1 Å². The predicted molar refractivity (Wildman–Crippen MR) is 66.1 cm³/mol. The molecule has 0 amide bonds. The number of esters is 1. The minimum Gasteiger partial charge on any atom is -0.461 e. The second-order valence-corrected chi connectivity index (χ2v) is 5.99. The predicted octanol–water partition coefficient (Wildman–Crippen LogP) is 3.71. The van der Waals surface area contributed by atoms with Crippen LogP contribution in [0.2, 0.25) is 0 Å². The van der Waals surface area contributed by atoms with E-state index in [9.17, 15) is 4.79 Å². The van der Waals surface area contributed by atoms with Gasteiger partial charge in [-0.25, -0.2) is 0 Å². The number of allylic oxidation sites excluding steroid dienone is 1. The van der Waals surface area contributed by atoms with Crippen molar-refractivity contribution in [2.45, 2.75) is 59.5 Å². The van der Waals surface area contributed by atoms with Gasteiger partial charge in [-0.15, -0.1) is 6.58 Å². The molecule has 0 N–H and O–H groups in total. The van der Waals surface area contributed by atoms with Gasteiger partial charge in [0.25, 0.3) is 0 Å². The maximum absolute atomic E-state index is 12.1. The summed E-state index contributed by atoms with van der Waals surface area (Å²) in [6.45, 7) is 12.3. The lowest BCUT2D eigenvalue weighted by Crippen LogP contribution is -2.27. The Morgan fingerprint density at radius 3 is 2.56 bits per heavy atom. The van der Waals surface area contributed by atoms with Crippen molar-refractivity contribution in [2.75, 3.05) is 0 Å². The lowest BCUT2D eigenvalue weighted by atomic mass is 9.74. The molecule has 0 spiro atoms. The molecule has 0 aromatic rings. The third-order valence-electron chi connectivity index (χ3n) is 3.49. The minimum absolute atomic E-state index is 0.0193. The summed E-state index contributed by atoms with van der Waals surface area (Å²) >= 11 is 0. The number of carbonyl (C=O) groups is 1. The van der Waals surface area contributed by atoms with Crippen LogP contribution < -0.4 is 0 Å². The highest BCUT2D eigenvalue weighted by molar-refractivity contribution is 5.79. The second-order valence-electron chi connectivity index (χ2n) is 5.99. The maximum Gasteiger partial charge on any atom is 0.312 e. The molecule has 0 aromatic carbocycles. The molecule has 0 radical (unpaired) electrons. The summed E-state index contributed by atoms with van der Waals surface area (Å²) in [5.41, 5.74) is -0.263. The number of hydrogen-bond donors (Lipinski definition) is 0. The molecule has 0 bridgehead atoms. The fourth-order valence-electron chi connectivity index (χ4n) is 2.44. The van der Waals surface area contributed by atoms with Crippen molar-refractivity contribution in [1.29, 1.82) is 0 Å². The largest absolute Gasteiger partial charge is 0.461 e. The average molecular weight is 224 g/mol. The molecule has 0 aliphatic carbocycles. The molecule has 1 aliphatic heterocycles. The molecule has 2 atom stereocenters. The van der Waals surface area contributed by atoms with Crippen molar-refractivity contribution in [3.05, 3.63) is 12.7 Å². The normalized spacial score (nSPS) is 30.2. The first-order chi connectivity index (χ1) is 7.35. The van der Waals surface area contributed by atoms with E-state index >= 15 is 0 Å². The molecule has 1 aliphatic rings. The van der Waals surface area contributed by atoms with Gasteiger partial charge in [-0.1, -0.05) is 40.2 Å². The van der Waals surface area contributed by atoms with Crippen LogP contribution in [0.1, 0.15) is 53.4 Å². The first-order valence-corrected chi connectivity index (χ1v) is 6.18. The standard InChI is InChI=1S/C14H24O2/c1-6-8-14(9-7-2)10-11(13(3,4)5)16-12(14)15/h6,11H,1,7-10H2,2-5H3/t11-,14-/m0/s1. The number of cyclic esters (lactones) is 1. The number of ether oxygens (including phenoxy) is 1. The van der Waals surface area contributed by atoms with Gasteiger partial charge in [0.05, 0.1) is 5.41 Å². The molecular weight excluding hydrogens is 200 g/mol. The van der Waals surface area contributed by atoms with Gasteiger partial charge in [0.2, 0.25) is 0 Å². The van der Waals surface area contributed by atoms with Crippen LogP contribution in [-0.2, 0) is 9.53 Å². The summed E-state index contributed by atoms with van der Waals surface area (Å²) in [6.07, 6.45) is 5.40. The van der Waals surface area contributed by atoms with E-state index in [1.807, 2.05) is 6.08 Å². The zero-order valence-electron chi connectivity index (χ0n) is 11.0. The summed E-state index contributed by atoms with van der Waals surface area (Å²) in [6, 6.07) is 0. The number of carbonyl (C=O) groups excluding carboxylic acids is 1. The van der Waals surface area contributed by atoms with Gasteiger partial charge >= 0.3 is 5.97 Å². The average Bonchev–Trinajstić information content (AvgIpc) is 2.45. The zero-order valence-corrected chi connectivity index (χ0v) is 11.0. The van der Waals surface area contributed by atoms with Crippen molar-refractivity contribution in [3.63, 3.8) is 0 Å². The van der Waals surface area contributed by atoms with E-state index in [4.69, 9.17) is 4.74 Å². The fraction of sp³-hybridized carbons (Fsp3) is 0.786. The quantitative estimate of drug-likeness (QED) is 0.537. The van der Waals surface area contributed by atoms with Crippen LogP contribution in [0, 0.1) is 10.8 Å². The van der Waals surface area contributed by atoms with Crippen LogP contribution in [0.25, 0.3) is 0 Å². The fourth-order valence-corrected chi connectivity index (χ4v) is 2.44. The molecule has 1 fully saturated rings. The van der Waals surface area contributed by atoms with Crippen LogP contribution in [0.5, 0.6) is 0 Å². The molecule has 1 saturated heterocycles. The van der Waals surface area contributed by atoms with E-state index in [0.717, 1.165) is 25.7 Å². The first-order valence-electron chi connectivity index (χ1n) is 6.18. The highest BCUT2D eigenvalue weighted by Gasteiger charge is 2.50. The van der Waals surface area contributed by atoms with Crippen molar-refractivity contribution in [2.24, 2.45) is 10.8 Å². The van der Waals surface area contributed by atoms with Gasteiger partial charge in [0.1, 0.15) is 6.10 Å². The SMILES string of the molecule is C=CC[C@]1(CCC)C[C@@H](C(C)(C)C)OC1=O. The second kappa shape index (κ2) is 4.60. The Morgan fingerprint density at radius 1 is 1.56 bits per heavy atom. The van der Waals surface area contributed by atoms with E-state index < -0.39 is 0 Å². The zero-order chi connectivity index (χ0) is 12.4. The van der Waals surface area contributed by atoms with Gasteiger partial charge in [0, 0.05) is 6.42 Å². The molecule has 0 unspecified atom stereocenters. The first kappa shape index (κ1) is 13.3. The van der Waals surface area contributed by atoms with Crippen LogP contribution >= 0.6 is 0 Å². The lowest BCUT2D eigenvalue weighted by molar-refractivity contribution is -0.151. The molecule has 1 rings (SSSR count). The third-order valence-corrected chi connectivity index (χ3v) is 3.49. The van der Waals surface area contributed by atoms with Crippen molar-refractivity contribution in [1.82, 2.24) is 0 Å². The van der Waals surface area contributed by atoms with Gasteiger partial charge in [-0.05, 0) is 18.3 Å². The van der Waals surface area contributed by atoms with Crippen molar-refractivity contribution in [3.8, 4) is 0 Å². The summed E-state index contributed by atoms with van der Waals surface area (Å²) in [5, 5.41) is 0. The molecule has 0 aromatic heterocycles. The molecule has 2 nitrogen and oxygen atoms in total. The number of hydrogen-bond acceptors (Lipinski definition) is 2. The topological polar surface area (TPSA) is 26.3 Å². The monoisotopic (exact) mass is 224 g/mol. The Bertz CT molecular complexity index is 275. The van der Waals surface area contributed by atoms with Crippen LogP contribution in [0.15, 0.2) is 12.7 Å². The summed E-state index contributed by atoms with van der Waals surface area (Å²) in [7, 11) is 0. The Labute approximate surface area is 99.1 Å². The molecule has 2 heteroatoms. The van der Waals surface area contributed by atoms with E-state index in [-0.39, 0.29) is 22.9 Å². The molecule has 1 heterocycles. The number of rotatable bonds is 4. The van der Waals surface area contributed by atoms with Gasteiger partial charge in [-0.3, -0.25) is 4.79 Å². The Hall–Kier alpha value is -0.790. The van der Waals surface area contributed by atoms with Crippen molar-refractivity contribution >= 4 is 5.97 Å². The summed E-state index contributed by atoms with van der Waals surface area (Å²) < 4.78 is 5.56. The van der Waals surface area contributed by atoms with E-state index in [2.05, 4.69) is 34.3 Å². The highest BCUT2D eigenvalue weighted by atomic mass is 16.6. The smallest absolute Gasteiger partial charge is 0.312 e. The summed E-state index contributed by atoms with van der Waals surface area (Å²) in [4.78, 5) is 12.1. The van der Waals surface area contributed by atoms with Gasteiger partial charge < -0.3 is 4.74 Å². The Kier molecular flexibility index (Phi) is 3.82. The van der Waals surface area contributed by atoms with E-state index in [1.54, 1.807) is 0 Å². The van der Waals surface area contributed by atoms with Gasteiger partial charge in [0.15, 0.2) is 0 Å². The van der Waals surface area contributed by atoms with Crippen LogP contribution in [0.4, 0.5) is 0 Å². The molecule has 92 valence electrons.